The minimum absolute atomic E-state index is 0.00375. The van der Waals surface area contributed by atoms with Crippen molar-refractivity contribution in [3.63, 3.8) is 0 Å². The second-order valence-corrected chi connectivity index (χ2v) is 6.68. The first kappa shape index (κ1) is 20.9. The summed E-state index contributed by atoms with van der Waals surface area (Å²) >= 11 is 0. The Hall–Kier alpha value is -1.06. The zero-order valence-corrected chi connectivity index (χ0v) is 15.1. The highest BCUT2D eigenvalue weighted by atomic mass is 16.2. The first-order valence-corrected chi connectivity index (χ1v) is 8.93. The van der Waals surface area contributed by atoms with Gasteiger partial charge in [-0.05, 0) is 12.8 Å². The van der Waals surface area contributed by atoms with E-state index in [1.54, 1.807) is 19.0 Å². The number of nitrogens with one attached hydrogen (secondary N) is 1. The van der Waals surface area contributed by atoms with Crippen molar-refractivity contribution in [2.75, 3.05) is 20.6 Å². The molecule has 130 valence electrons. The smallest absolute Gasteiger partial charge is 0.316 e. The van der Waals surface area contributed by atoms with Gasteiger partial charge in [0.15, 0.2) is 0 Å². The van der Waals surface area contributed by atoms with E-state index in [0.29, 0.717) is 5.78 Å². The molecule has 0 saturated carbocycles. The Balaban J connectivity index is 3.18. The highest BCUT2D eigenvalue weighted by Gasteiger charge is 2.05. The van der Waals surface area contributed by atoms with Crippen LogP contribution >= 0.6 is 0 Å². The Morgan fingerprint density at radius 3 is 1.73 bits per heavy atom. The largest absolute Gasteiger partial charge is 0.338 e. The summed E-state index contributed by atoms with van der Waals surface area (Å²) in [6.07, 6.45) is 11.6. The van der Waals surface area contributed by atoms with Gasteiger partial charge < -0.3 is 10.2 Å². The summed E-state index contributed by atoms with van der Waals surface area (Å²) in [7, 11) is 3.52. The van der Waals surface area contributed by atoms with Crippen molar-refractivity contribution in [2.24, 2.45) is 5.92 Å². The Morgan fingerprint density at radius 1 is 0.818 bits per heavy atom. The molecule has 4 nitrogen and oxygen atoms in total. The minimum Gasteiger partial charge on any atom is -0.338 e. The van der Waals surface area contributed by atoms with Gasteiger partial charge in [-0.25, -0.2) is 4.79 Å². The first-order chi connectivity index (χ1) is 10.4. The van der Waals surface area contributed by atoms with Crippen LogP contribution in [0.3, 0.4) is 0 Å². The predicted molar refractivity (Wildman–Crippen MR) is 93.1 cm³/mol. The zero-order chi connectivity index (χ0) is 16.8. The number of rotatable bonds is 13. The number of amides is 2. The van der Waals surface area contributed by atoms with E-state index in [4.69, 9.17) is 0 Å². The van der Waals surface area contributed by atoms with Gasteiger partial charge in [0.25, 0.3) is 0 Å². The van der Waals surface area contributed by atoms with Crippen LogP contribution in [0.4, 0.5) is 4.79 Å². The molecule has 0 aliphatic heterocycles. The molecule has 0 heterocycles. The van der Waals surface area contributed by atoms with E-state index in [1.165, 1.54) is 44.9 Å². The van der Waals surface area contributed by atoms with E-state index < -0.39 is 0 Å². The highest BCUT2D eigenvalue weighted by Crippen LogP contribution is 2.11. The van der Waals surface area contributed by atoms with Crippen LogP contribution in [0.5, 0.6) is 0 Å². The molecule has 0 aromatic rings. The lowest BCUT2D eigenvalue weighted by Crippen LogP contribution is -2.34. The maximum atomic E-state index is 11.5. The first-order valence-electron chi connectivity index (χ1n) is 8.93. The number of hydrogen-bond donors (Lipinski definition) is 1. The van der Waals surface area contributed by atoms with Crippen molar-refractivity contribution in [1.82, 2.24) is 10.2 Å². The molecule has 0 radical (unpaired) electrons. The third-order valence-corrected chi connectivity index (χ3v) is 3.93. The van der Waals surface area contributed by atoms with Crippen molar-refractivity contribution < 1.29 is 9.59 Å². The number of hydrogen-bond acceptors (Lipinski definition) is 2. The second-order valence-electron chi connectivity index (χ2n) is 6.68. The van der Waals surface area contributed by atoms with Gasteiger partial charge >= 0.3 is 6.03 Å². The Bertz CT molecular complexity index is 271. The number of nitrogens with zero attached hydrogens (tertiary/aromatic N) is 1. The van der Waals surface area contributed by atoms with Gasteiger partial charge in [0, 0.05) is 33.0 Å². The fourth-order valence-corrected chi connectivity index (χ4v) is 2.30. The number of carbonyl (C=O) groups is 2. The lowest BCUT2D eigenvalue weighted by atomic mass is 10.0. The van der Waals surface area contributed by atoms with E-state index in [9.17, 15) is 9.59 Å². The standard InChI is InChI=1S/C18H36N2O2/c1-16(2)17(21)14-12-10-8-6-5-7-9-11-13-15-19-18(22)20(3)4/h16H,5-15H2,1-4H3,(H,19,22). The molecule has 0 fully saturated rings. The third-order valence-electron chi connectivity index (χ3n) is 3.93. The summed E-state index contributed by atoms with van der Waals surface area (Å²) in [4.78, 5) is 24.3. The quantitative estimate of drug-likeness (QED) is 0.513. The lowest BCUT2D eigenvalue weighted by Gasteiger charge is -2.11. The topological polar surface area (TPSA) is 49.4 Å². The van der Waals surface area contributed by atoms with Crippen molar-refractivity contribution >= 4 is 11.8 Å². The molecular formula is C18H36N2O2. The van der Waals surface area contributed by atoms with Crippen LogP contribution in [0, 0.1) is 5.92 Å². The molecule has 0 atom stereocenters. The number of ketones is 1. The molecule has 0 aliphatic carbocycles. The summed E-state index contributed by atoms with van der Waals surface area (Å²) in [6.45, 7) is 4.74. The molecular weight excluding hydrogens is 276 g/mol. The van der Waals surface area contributed by atoms with E-state index in [2.05, 4.69) is 5.32 Å². The molecule has 0 spiro atoms. The number of unbranched alkanes of at least 4 members (excludes halogenated alkanes) is 8. The Kier molecular flexibility index (Phi) is 12.9. The molecule has 2 amide bonds. The van der Waals surface area contributed by atoms with Gasteiger partial charge in [-0.15, -0.1) is 0 Å². The predicted octanol–water partition coefficient (Wildman–Crippen LogP) is 4.38. The fraction of sp³-hybridized carbons (Fsp3) is 0.889. The van der Waals surface area contributed by atoms with Gasteiger partial charge in [-0.2, -0.15) is 0 Å². The number of Topliss-reactive ketones (excluding diaryl/α,β-unsaturated/α-hetero) is 1. The summed E-state index contributed by atoms with van der Waals surface area (Å²) in [5.74, 6) is 0.601. The molecule has 0 aromatic carbocycles. The highest BCUT2D eigenvalue weighted by molar-refractivity contribution is 5.80. The maximum Gasteiger partial charge on any atom is 0.316 e. The van der Waals surface area contributed by atoms with E-state index in [1.807, 2.05) is 13.8 Å². The molecule has 4 heteroatoms. The molecule has 0 saturated heterocycles. The molecule has 0 rings (SSSR count). The van der Waals surface area contributed by atoms with Crippen LogP contribution in [0.2, 0.25) is 0 Å². The molecule has 0 bridgehead atoms. The SMILES string of the molecule is CC(C)C(=O)CCCCCCCCCCCNC(=O)N(C)C. The monoisotopic (exact) mass is 312 g/mol. The molecule has 0 aliphatic rings. The van der Waals surface area contributed by atoms with Crippen LogP contribution in [0.15, 0.2) is 0 Å². The molecule has 0 unspecified atom stereocenters. The third kappa shape index (κ3) is 12.7. The van der Waals surface area contributed by atoms with Crippen LogP contribution in [-0.2, 0) is 4.79 Å². The summed E-state index contributed by atoms with van der Waals surface area (Å²) < 4.78 is 0. The normalized spacial score (nSPS) is 10.8. The van der Waals surface area contributed by atoms with E-state index in [-0.39, 0.29) is 11.9 Å². The minimum atomic E-state index is -0.00375. The van der Waals surface area contributed by atoms with Crippen LogP contribution in [-0.4, -0.2) is 37.4 Å². The summed E-state index contributed by atoms with van der Waals surface area (Å²) in [5.41, 5.74) is 0. The van der Waals surface area contributed by atoms with Crippen LogP contribution < -0.4 is 5.32 Å². The fourth-order valence-electron chi connectivity index (χ4n) is 2.30. The number of urea groups is 1. The second kappa shape index (κ2) is 13.6. The van der Waals surface area contributed by atoms with Crippen molar-refractivity contribution in [2.45, 2.75) is 78.1 Å². The summed E-state index contributed by atoms with van der Waals surface area (Å²) in [5, 5.41) is 2.88. The van der Waals surface area contributed by atoms with Crippen LogP contribution in [0.1, 0.15) is 78.1 Å². The Morgan fingerprint density at radius 2 is 1.27 bits per heavy atom. The number of carbonyl (C=O) groups excluding carboxylic acids is 2. The van der Waals surface area contributed by atoms with Crippen LogP contribution in [0.25, 0.3) is 0 Å². The van der Waals surface area contributed by atoms with Gasteiger partial charge in [-0.3, -0.25) is 4.79 Å². The van der Waals surface area contributed by atoms with Crippen molar-refractivity contribution in [3.8, 4) is 0 Å². The summed E-state index contributed by atoms with van der Waals surface area (Å²) in [6, 6.07) is -0.00375. The lowest BCUT2D eigenvalue weighted by molar-refractivity contribution is -0.122. The van der Waals surface area contributed by atoms with Crippen molar-refractivity contribution in [1.29, 1.82) is 0 Å². The average molecular weight is 312 g/mol. The van der Waals surface area contributed by atoms with Gasteiger partial charge in [-0.1, -0.05) is 58.8 Å². The maximum absolute atomic E-state index is 11.5. The van der Waals surface area contributed by atoms with Gasteiger partial charge in [0.2, 0.25) is 0 Å². The molecule has 22 heavy (non-hydrogen) atoms. The Labute approximate surface area is 137 Å². The van der Waals surface area contributed by atoms with Gasteiger partial charge in [0.05, 0.1) is 0 Å². The van der Waals surface area contributed by atoms with E-state index >= 15 is 0 Å². The van der Waals surface area contributed by atoms with Crippen molar-refractivity contribution in [3.05, 3.63) is 0 Å². The van der Waals surface area contributed by atoms with Gasteiger partial charge in [0.1, 0.15) is 5.78 Å². The molecule has 0 aromatic heterocycles. The zero-order valence-electron chi connectivity index (χ0n) is 15.1. The molecule has 1 N–H and O–H groups in total. The average Bonchev–Trinajstić information content (AvgIpc) is 2.47. The van der Waals surface area contributed by atoms with E-state index in [0.717, 1.165) is 25.8 Å².